The third-order valence-electron chi connectivity index (χ3n) is 4.72. The van der Waals surface area contributed by atoms with Crippen LogP contribution < -0.4 is 5.32 Å². The molecular weight excluding hydrogens is 372 g/mol. The van der Waals surface area contributed by atoms with E-state index in [0.717, 1.165) is 39.8 Å². The molecule has 0 saturated carbocycles. The number of esters is 1. The van der Waals surface area contributed by atoms with Gasteiger partial charge in [0, 0.05) is 28.0 Å². The molecule has 5 nitrogen and oxygen atoms in total. The van der Waals surface area contributed by atoms with Gasteiger partial charge < -0.3 is 10.1 Å². The SMILES string of the molecule is CCCCSc1ccc2c3c(cccc13)C(=O)C(C#N)=C2NCCC(=O)OC. The summed E-state index contributed by atoms with van der Waals surface area (Å²) in [5, 5.41) is 14.6. The molecule has 0 fully saturated rings. The molecule has 0 heterocycles. The number of ketones is 1. The molecule has 0 atom stereocenters. The van der Waals surface area contributed by atoms with Gasteiger partial charge in [-0.05, 0) is 23.6 Å². The van der Waals surface area contributed by atoms with Gasteiger partial charge in [-0.2, -0.15) is 5.26 Å². The number of rotatable bonds is 8. The molecule has 0 aromatic heterocycles. The first-order valence-electron chi connectivity index (χ1n) is 9.31. The number of hydrogen-bond acceptors (Lipinski definition) is 6. The number of nitrogens with zero attached hydrogens (tertiary/aromatic N) is 1. The molecule has 0 saturated heterocycles. The highest BCUT2D eigenvalue weighted by Gasteiger charge is 2.28. The van der Waals surface area contributed by atoms with Crippen LogP contribution in [0.15, 0.2) is 40.8 Å². The van der Waals surface area contributed by atoms with Gasteiger partial charge in [-0.3, -0.25) is 9.59 Å². The Morgan fingerprint density at radius 2 is 2.07 bits per heavy atom. The standard InChI is InChI=1S/C22H22N2O3S/c1-3-4-12-28-18-9-8-15-20-14(18)6-5-7-16(20)22(26)17(13-23)21(15)24-11-10-19(25)27-2/h5-9,24H,3-4,10-12H2,1-2H3. The molecule has 2 aromatic rings. The summed E-state index contributed by atoms with van der Waals surface area (Å²) in [4.78, 5) is 25.5. The van der Waals surface area contributed by atoms with Gasteiger partial charge in [0.25, 0.3) is 0 Å². The van der Waals surface area contributed by atoms with Crippen molar-refractivity contribution in [1.82, 2.24) is 5.32 Å². The van der Waals surface area contributed by atoms with E-state index in [-0.39, 0.29) is 30.3 Å². The number of carbonyl (C=O) groups excluding carboxylic acids is 2. The van der Waals surface area contributed by atoms with Gasteiger partial charge in [0.05, 0.1) is 19.2 Å². The number of hydrogen-bond donors (Lipinski definition) is 1. The van der Waals surface area contributed by atoms with Crippen LogP contribution in [0.3, 0.4) is 0 Å². The molecule has 0 amide bonds. The van der Waals surface area contributed by atoms with Gasteiger partial charge in [-0.1, -0.05) is 37.6 Å². The highest BCUT2D eigenvalue weighted by molar-refractivity contribution is 7.99. The maximum Gasteiger partial charge on any atom is 0.307 e. The molecule has 6 heteroatoms. The van der Waals surface area contributed by atoms with Crippen molar-refractivity contribution in [3.05, 3.63) is 47.0 Å². The number of unbranched alkanes of at least 4 members (excludes halogenated alkanes) is 1. The van der Waals surface area contributed by atoms with E-state index in [1.54, 1.807) is 17.8 Å². The fraction of sp³-hybridized carbons (Fsp3) is 0.318. The van der Waals surface area contributed by atoms with E-state index < -0.39 is 0 Å². The highest BCUT2D eigenvalue weighted by Crippen LogP contribution is 2.39. The number of methoxy groups -OCH3 is 1. The molecular formula is C22H22N2O3S. The molecule has 2 aromatic carbocycles. The van der Waals surface area contributed by atoms with E-state index in [1.165, 1.54) is 7.11 Å². The quantitative estimate of drug-likeness (QED) is 0.408. The predicted molar refractivity (Wildman–Crippen MR) is 111 cm³/mol. The molecule has 1 N–H and O–H groups in total. The summed E-state index contributed by atoms with van der Waals surface area (Å²) in [6.07, 6.45) is 2.42. The summed E-state index contributed by atoms with van der Waals surface area (Å²) in [6.45, 7) is 2.45. The van der Waals surface area contributed by atoms with Crippen LogP contribution >= 0.6 is 11.8 Å². The number of benzene rings is 2. The first-order chi connectivity index (χ1) is 13.6. The second kappa shape index (κ2) is 8.94. The third kappa shape index (κ3) is 3.76. The minimum Gasteiger partial charge on any atom is -0.469 e. The summed E-state index contributed by atoms with van der Waals surface area (Å²) in [5.41, 5.74) is 1.95. The maximum absolute atomic E-state index is 13.0. The molecule has 0 bridgehead atoms. The fourth-order valence-electron chi connectivity index (χ4n) is 3.29. The lowest BCUT2D eigenvalue weighted by Gasteiger charge is -2.22. The lowest BCUT2D eigenvalue weighted by Crippen LogP contribution is -2.24. The minimum absolute atomic E-state index is 0.0799. The molecule has 28 heavy (non-hydrogen) atoms. The van der Waals surface area contributed by atoms with Gasteiger partial charge in [-0.15, -0.1) is 11.8 Å². The van der Waals surface area contributed by atoms with Crippen molar-refractivity contribution < 1.29 is 14.3 Å². The number of nitriles is 1. The number of thioether (sulfide) groups is 1. The first-order valence-corrected chi connectivity index (χ1v) is 10.3. The summed E-state index contributed by atoms with van der Waals surface area (Å²) in [6, 6.07) is 11.7. The van der Waals surface area contributed by atoms with Gasteiger partial charge in [0.1, 0.15) is 11.6 Å². The number of ether oxygens (including phenoxy) is 1. The Morgan fingerprint density at radius 3 is 2.79 bits per heavy atom. The second-order valence-electron chi connectivity index (χ2n) is 6.49. The van der Waals surface area contributed by atoms with Gasteiger partial charge >= 0.3 is 5.97 Å². The van der Waals surface area contributed by atoms with Crippen LogP contribution in [-0.4, -0.2) is 31.2 Å². The van der Waals surface area contributed by atoms with Crippen molar-refractivity contribution in [1.29, 1.82) is 5.26 Å². The average Bonchev–Trinajstić information content (AvgIpc) is 2.72. The monoisotopic (exact) mass is 394 g/mol. The zero-order chi connectivity index (χ0) is 20.1. The van der Waals surface area contributed by atoms with E-state index in [0.29, 0.717) is 11.3 Å². The highest BCUT2D eigenvalue weighted by atomic mass is 32.2. The average molecular weight is 394 g/mol. The third-order valence-corrected chi connectivity index (χ3v) is 5.88. The van der Waals surface area contributed by atoms with Crippen LogP contribution in [0.2, 0.25) is 0 Å². The minimum atomic E-state index is -0.345. The molecule has 1 aliphatic rings. The van der Waals surface area contributed by atoms with Crippen LogP contribution in [0.25, 0.3) is 16.5 Å². The van der Waals surface area contributed by atoms with Crippen molar-refractivity contribution >= 4 is 40.0 Å². The van der Waals surface area contributed by atoms with Gasteiger partial charge in [0.15, 0.2) is 0 Å². The van der Waals surface area contributed by atoms with Crippen molar-refractivity contribution in [2.75, 3.05) is 19.4 Å². The summed E-state index contributed by atoms with van der Waals surface area (Å²) >= 11 is 1.79. The fourth-order valence-corrected chi connectivity index (χ4v) is 4.44. The van der Waals surface area contributed by atoms with Gasteiger partial charge in [-0.25, -0.2) is 0 Å². The van der Waals surface area contributed by atoms with Crippen LogP contribution in [0, 0.1) is 11.3 Å². The lowest BCUT2D eigenvalue weighted by molar-refractivity contribution is -0.140. The van der Waals surface area contributed by atoms with Crippen molar-refractivity contribution in [2.24, 2.45) is 0 Å². The van der Waals surface area contributed by atoms with Crippen molar-refractivity contribution in [3.8, 4) is 6.07 Å². The Bertz CT molecular complexity index is 1000. The van der Waals surface area contributed by atoms with Crippen LogP contribution in [0.1, 0.15) is 42.1 Å². The Kier molecular flexibility index (Phi) is 6.37. The summed E-state index contributed by atoms with van der Waals surface area (Å²) < 4.78 is 4.66. The summed E-state index contributed by atoms with van der Waals surface area (Å²) in [7, 11) is 1.33. The van der Waals surface area contributed by atoms with E-state index in [2.05, 4.69) is 23.0 Å². The van der Waals surface area contributed by atoms with Crippen molar-refractivity contribution in [3.63, 3.8) is 0 Å². The number of allylic oxidation sites excluding steroid dienone is 1. The molecule has 1 aliphatic carbocycles. The van der Waals surface area contributed by atoms with Crippen molar-refractivity contribution in [2.45, 2.75) is 31.1 Å². The van der Waals surface area contributed by atoms with Gasteiger partial charge in [0.2, 0.25) is 5.78 Å². The van der Waals surface area contributed by atoms with Crippen LogP contribution in [-0.2, 0) is 9.53 Å². The molecule has 0 unspecified atom stereocenters. The van der Waals surface area contributed by atoms with Crippen LogP contribution in [0.5, 0.6) is 0 Å². The summed E-state index contributed by atoms with van der Waals surface area (Å²) in [5.74, 6) is 0.394. The zero-order valence-electron chi connectivity index (χ0n) is 16.0. The Labute approximate surface area is 168 Å². The number of Topliss-reactive ketones (excluding diaryl/α,β-unsaturated/α-hetero) is 1. The number of nitrogens with one attached hydrogen (secondary N) is 1. The van der Waals surface area contributed by atoms with E-state index >= 15 is 0 Å². The molecule has 0 radical (unpaired) electrons. The molecule has 0 aliphatic heterocycles. The van der Waals surface area contributed by atoms with Crippen LogP contribution in [0.4, 0.5) is 0 Å². The van der Waals surface area contributed by atoms with E-state index in [4.69, 9.17) is 0 Å². The maximum atomic E-state index is 13.0. The predicted octanol–water partition coefficient (Wildman–Crippen LogP) is 4.32. The van der Waals surface area contributed by atoms with E-state index in [1.807, 2.05) is 24.3 Å². The normalized spacial score (nSPS) is 12.8. The molecule has 144 valence electrons. The first kappa shape index (κ1) is 20.0. The Morgan fingerprint density at radius 1 is 1.25 bits per heavy atom. The largest absolute Gasteiger partial charge is 0.469 e. The topological polar surface area (TPSA) is 79.2 Å². The second-order valence-corrected chi connectivity index (χ2v) is 7.62. The molecule has 3 rings (SSSR count). The lowest BCUT2D eigenvalue weighted by atomic mass is 9.86. The zero-order valence-corrected chi connectivity index (χ0v) is 16.8. The smallest absolute Gasteiger partial charge is 0.307 e. The van der Waals surface area contributed by atoms with E-state index in [9.17, 15) is 14.9 Å². The number of carbonyl (C=O) groups is 2. The molecule has 0 spiro atoms. The Hall–Kier alpha value is -2.78. The Balaban J connectivity index is 2.06.